The first-order chi connectivity index (χ1) is 11.9. The van der Waals surface area contributed by atoms with Gasteiger partial charge in [0.05, 0.1) is 25.2 Å². The number of ether oxygens (including phenoxy) is 2. The van der Waals surface area contributed by atoms with Gasteiger partial charge in [0.2, 0.25) is 5.76 Å². The van der Waals surface area contributed by atoms with Crippen LogP contribution in [0.1, 0.15) is 50.2 Å². The van der Waals surface area contributed by atoms with E-state index in [9.17, 15) is 9.90 Å². The van der Waals surface area contributed by atoms with E-state index in [0.717, 1.165) is 13.0 Å². The van der Waals surface area contributed by atoms with Gasteiger partial charge in [-0.3, -0.25) is 0 Å². The van der Waals surface area contributed by atoms with Crippen LogP contribution in [-0.4, -0.2) is 36.4 Å². The van der Waals surface area contributed by atoms with Crippen molar-refractivity contribution in [2.75, 3.05) is 19.8 Å². The number of nitrogens with one attached hydrogen (secondary N) is 1. The predicted octanol–water partition coefficient (Wildman–Crippen LogP) is 3.26. The summed E-state index contributed by atoms with van der Waals surface area (Å²) in [4.78, 5) is 12.0. The summed E-state index contributed by atoms with van der Waals surface area (Å²) in [5, 5.41) is 13.7. The number of furan rings is 1. The first-order valence-corrected chi connectivity index (χ1v) is 8.57. The lowest BCUT2D eigenvalue weighted by atomic mass is 10.1. The van der Waals surface area contributed by atoms with E-state index in [1.54, 1.807) is 19.1 Å². The number of rotatable bonds is 8. The third-order valence-corrected chi connectivity index (χ3v) is 3.63. The second-order valence-electron chi connectivity index (χ2n) is 6.80. The Bertz CT molecular complexity index is 714. The maximum atomic E-state index is 12.0. The van der Waals surface area contributed by atoms with Crippen molar-refractivity contribution in [1.29, 1.82) is 0 Å². The topological polar surface area (TPSA) is 80.9 Å². The van der Waals surface area contributed by atoms with E-state index in [1.807, 2.05) is 6.07 Å². The first kappa shape index (κ1) is 19.3. The van der Waals surface area contributed by atoms with E-state index in [-0.39, 0.29) is 24.5 Å². The van der Waals surface area contributed by atoms with Gasteiger partial charge in [0, 0.05) is 11.1 Å². The third kappa shape index (κ3) is 4.96. The summed E-state index contributed by atoms with van der Waals surface area (Å²) in [6, 6.07) is 5.35. The first-order valence-electron chi connectivity index (χ1n) is 8.57. The Hall–Kier alpha value is -2.05. The SMILES string of the molecule is CCOC(=O)c1oc2cccc(OCCCNC(C)(C)C)c2c1CO. The third-order valence-electron chi connectivity index (χ3n) is 3.63. The van der Waals surface area contributed by atoms with Crippen molar-refractivity contribution in [3.05, 3.63) is 29.5 Å². The standard InChI is InChI=1S/C19H27NO5/c1-5-23-18(22)17-13(12-21)16-14(8-6-9-15(16)25-17)24-11-7-10-20-19(2,3)4/h6,8-9,20-21H,5,7,10-12H2,1-4H3. The summed E-state index contributed by atoms with van der Waals surface area (Å²) in [6.07, 6.45) is 0.838. The van der Waals surface area contributed by atoms with Crippen molar-refractivity contribution in [1.82, 2.24) is 5.32 Å². The van der Waals surface area contributed by atoms with E-state index >= 15 is 0 Å². The van der Waals surface area contributed by atoms with Gasteiger partial charge in [0.25, 0.3) is 0 Å². The predicted molar refractivity (Wildman–Crippen MR) is 96.0 cm³/mol. The van der Waals surface area contributed by atoms with Gasteiger partial charge in [0.1, 0.15) is 11.3 Å². The maximum absolute atomic E-state index is 12.0. The molecule has 0 atom stereocenters. The van der Waals surface area contributed by atoms with E-state index in [2.05, 4.69) is 26.1 Å². The number of benzene rings is 1. The molecule has 1 heterocycles. The number of carbonyl (C=O) groups excluding carboxylic acids is 1. The summed E-state index contributed by atoms with van der Waals surface area (Å²) < 4.78 is 16.4. The Morgan fingerprint density at radius 2 is 2.08 bits per heavy atom. The number of aliphatic hydroxyl groups is 1. The van der Waals surface area contributed by atoms with Crippen LogP contribution in [0.25, 0.3) is 11.0 Å². The molecule has 25 heavy (non-hydrogen) atoms. The molecule has 0 saturated carbocycles. The zero-order valence-electron chi connectivity index (χ0n) is 15.3. The van der Waals surface area contributed by atoms with Crippen LogP contribution in [0, 0.1) is 0 Å². The molecule has 0 aliphatic rings. The lowest BCUT2D eigenvalue weighted by Gasteiger charge is -2.20. The Morgan fingerprint density at radius 1 is 1.32 bits per heavy atom. The fraction of sp³-hybridized carbons (Fsp3) is 0.526. The quantitative estimate of drug-likeness (QED) is 0.562. The molecular formula is C19H27NO5. The van der Waals surface area contributed by atoms with Crippen LogP contribution in [0.15, 0.2) is 22.6 Å². The smallest absolute Gasteiger partial charge is 0.374 e. The van der Waals surface area contributed by atoms with Gasteiger partial charge in [-0.25, -0.2) is 4.79 Å². The minimum atomic E-state index is -0.580. The lowest BCUT2D eigenvalue weighted by molar-refractivity contribution is 0.0488. The van der Waals surface area contributed by atoms with E-state index in [4.69, 9.17) is 13.9 Å². The fourth-order valence-corrected chi connectivity index (χ4v) is 2.53. The Morgan fingerprint density at radius 3 is 2.72 bits per heavy atom. The zero-order chi connectivity index (χ0) is 18.4. The molecule has 1 aromatic heterocycles. The van der Waals surface area contributed by atoms with Crippen molar-refractivity contribution < 1.29 is 23.8 Å². The molecule has 0 spiro atoms. The second-order valence-corrected chi connectivity index (χ2v) is 6.80. The van der Waals surface area contributed by atoms with Crippen LogP contribution in [0.2, 0.25) is 0 Å². The summed E-state index contributed by atoms with van der Waals surface area (Å²) in [5.74, 6) is 0.0458. The van der Waals surface area contributed by atoms with Crippen molar-refractivity contribution in [3.63, 3.8) is 0 Å². The molecule has 6 heteroatoms. The van der Waals surface area contributed by atoms with Gasteiger partial charge in [-0.1, -0.05) is 6.07 Å². The van der Waals surface area contributed by atoms with Crippen LogP contribution in [-0.2, 0) is 11.3 Å². The summed E-state index contributed by atoms with van der Waals surface area (Å²) in [6.45, 7) is 9.34. The molecule has 0 fully saturated rings. The van der Waals surface area contributed by atoms with Gasteiger partial charge in [-0.15, -0.1) is 0 Å². The Balaban J connectivity index is 2.16. The Kier molecular flexibility index (Phi) is 6.45. The molecule has 0 radical (unpaired) electrons. The molecule has 2 rings (SSSR count). The minimum absolute atomic E-state index is 0.0322. The molecule has 0 bridgehead atoms. The van der Waals surface area contributed by atoms with E-state index in [0.29, 0.717) is 28.9 Å². The summed E-state index contributed by atoms with van der Waals surface area (Å²) in [5.41, 5.74) is 0.970. The highest BCUT2D eigenvalue weighted by molar-refractivity contribution is 5.98. The fourth-order valence-electron chi connectivity index (χ4n) is 2.53. The van der Waals surface area contributed by atoms with Gasteiger partial charge in [-0.2, -0.15) is 0 Å². The average Bonchev–Trinajstić information content (AvgIpc) is 2.93. The summed E-state index contributed by atoms with van der Waals surface area (Å²) in [7, 11) is 0. The van der Waals surface area contributed by atoms with Crippen molar-refractivity contribution in [3.8, 4) is 5.75 Å². The van der Waals surface area contributed by atoms with Gasteiger partial charge in [0.15, 0.2) is 0 Å². The monoisotopic (exact) mass is 349 g/mol. The molecular weight excluding hydrogens is 322 g/mol. The molecule has 0 aliphatic heterocycles. The lowest BCUT2D eigenvalue weighted by Crippen LogP contribution is -2.36. The van der Waals surface area contributed by atoms with E-state index < -0.39 is 5.97 Å². The highest BCUT2D eigenvalue weighted by atomic mass is 16.5. The molecule has 138 valence electrons. The molecule has 2 N–H and O–H groups in total. The highest BCUT2D eigenvalue weighted by Gasteiger charge is 2.23. The zero-order valence-corrected chi connectivity index (χ0v) is 15.3. The van der Waals surface area contributed by atoms with Crippen molar-refractivity contribution in [2.24, 2.45) is 0 Å². The molecule has 0 amide bonds. The number of carbonyl (C=O) groups is 1. The molecule has 2 aromatic rings. The van der Waals surface area contributed by atoms with Crippen LogP contribution in [0.5, 0.6) is 5.75 Å². The van der Waals surface area contributed by atoms with Gasteiger partial charge < -0.3 is 24.3 Å². The molecule has 0 unspecified atom stereocenters. The Labute approximate surface area is 148 Å². The number of esters is 1. The molecule has 6 nitrogen and oxygen atoms in total. The van der Waals surface area contributed by atoms with Crippen LogP contribution in [0.3, 0.4) is 0 Å². The van der Waals surface area contributed by atoms with E-state index in [1.165, 1.54) is 0 Å². The number of aliphatic hydroxyl groups excluding tert-OH is 1. The minimum Gasteiger partial charge on any atom is -0.493 e. The maximum Gasteiger partial charge on any atom is 0.374 e. The largest absolute Gasteiger partial charge is 0.493 e. The van der Waals surface area contributed by atoms with Crippen LogP contribution in [0.4, 0.5) is 0 Å². The highest BCUT2D eigenvalue weighted by Crippen LogP contribution is 2.34. The second kappa shape index (κ2) is 8.36. The average molecular weight is 349 g/mol. The molecule has 0 aliphatic carbocycles. The molecule has 1 aromatic carbocycles. The molecule has 0 saturated heterocycles. The normalized spacial score (nSPS) is 11.7. The van der Waals surface area contributed by atoms with Crippen LogP contribution >= 0.6 is 0 Å². The van der Waals surface area contributed by atoms with Gasteiger partial charge >= 0.3 is 5.97 Å². The number of fused-ring (bicyclic) bond motifs is 1. The summed E-state index contributed by atoms with van der Waals surface area (Å²) >= 11 is 0. The number of hydrogen-bond donors (Lipinski definition) is 2. The van der Waals surface area contributed by atoms with Crippen LogP contribution < -0.4 is 10.1 Å². The van der Waals surface area contributed by atoms with Crippen molar-refractivity contribution in [2.45, 2.75) is 46.3 Å². The number of hydrogen-bond acceptors (Lipinski definition) is 6. The van der Waals surface area contributed by atoms with Crippen molar-refractivity contribution >= 4 is 16.9 Å². The van der Waals surface area contributed by atoms with Gasteiger partial charge in [-0.05, 0) is 52.8 Å².